The second-order valence-corrected chi connectivity index (χ2v) is 5.24. The minimum atomic E-state index is 0.467. The first-order chi connectivity index (χ1) is 9.65. The van der Waals surface area contributed by atoms with Crippen molar-refractivity contribution in [3.63, 3.8) is 0 Å². The number of benzene rings is 1. The number of nitrogens with one attached hydrogen (secondary N) is 1. The Bertz CT molecular complexity index is 613. The van der Waals surface area contributed by atoms with Crippen LogP contribution in [0.3, 0.4) is 0 Å². The predicted molar refractivity (Wildman–Crippen MR) is 81.8 cm³/mol. The normalized spacial score (nSPS) is 11.3. The van der Waals surface area contributed by atoms with E-state index in [1.165, 1.54) is 11.0 Å². The molecule has 0 amide bonds. The van der Waals surface area contributed by atoms with Crippen LogP contribution in [0.15, 0.2) is 35.7 Å². The van der Waals surface area contributed by atoms with Gasteiger partial charge >= 0.3 is 0 Å². The molecule has 20 heavy (non-hydrogen) atoms. The fourth-order valence-corrected chi connectivity index (χ4v) is 1.66. The smallest absolute Gasteiger partial charge is 0.216 e. The molecule has 106 valence electrons. The van der Waals surface area contributed by atoms with Crippen molar-refractivity contribution in [2.45, 2.75) is 20.3 Å². The molecule has 0 spiro atoms. The van der Waals surface area contributed by atoms with Crippen molar-refractivity contribution in [3.8, 4) is 5.75 Å². The third-order valence-corrected chi connectivity index (χ3v) is 2.99. The van der Waals surface area contributed by atoms with E-state index in [0.717, 1.165) is 24.3 Å². The summed E-state index contributed by atoms with van der Waals surface area (Å²) in [6.07, 6.45) is 4.31. The highest BCUT2D eigenvalue weighted by Gasteiger charge is 1.97. The summed E-state index contributed by atoms with van der Waals surface area (Å²) in [5, 5.41) is 10.6. The van der Waals surface area contributed by atoms with Gasteiger partial charge in [0, 0.05) is 0 Å². The van der Waals surface area contributed by atoms with Crippen LogP contribution < -0.4 is 4.74 Å². The van der Waals surface area contributed by atoms with Crippen LogP contribution in [0.25, 0.3) is 0 Å². The molecule has 1 N–H and O–H groups in total. The molecule has 1 aromatic carbocycles. The quantitative estimate of drug-likeness (QED) is 0.656. The average Bonchev–Trinajstić information content (AvgIpc) is 2.83. The van der Waals surface area contributed by atoms with Crippen molar-refractivity contribution >= 4 is 18.4 Å². The topological polar surface area (TPSA) is 55.2 Å². The molecule has 0 atom stereocenters. The molecule has 5 nitrogen and oxygen atoms in total. The van der Waals surface area contributed by atoms with Crippen LogP contribution in [0.1, 0.15) is 25.8 Å². The molecule has 0 aliphatic rings. The minimum Gasteiger partial charge on any atom is -0.494 e. The van der Waals surface area contributed by atoms with Gasteiger partial charge in [-0.25, -0.2) is 0 Å². The molecule has 0 aliphatic heterocycles. The summed E-state index contributed by atoms with van der Waals surface area (Å²) < 4.78 is 7.63. The third kappa shape index (κ3) is 4.31. The Morgan fingerprint density at radius 1 is 1.40 bits per heavy atom. The number of rotatable bonds is 6. The van der Waals surface area contributed by atoms with Crippen LogP contribution in [-0.4, -0.2) is 27.7 Å². The van der Waals surface area contributed by atoms with Gasteiger partial charge in [0.15, 0.2) is 0 Å². The van der Waals surface area contributed by atoms with Crippen LogP contribution in [0, 0.1) is 10.7 Å². The van der Waals surface area contributed by atoms with Gasteiger partial charge < -0.3 is 4.74 Å². The Morgan fingerprint density at radius 3 is 2.75 bits per heavy atom. The second kappa shape index (κ2) is 7.00. The molecule has 1 aromatic heterocycles. The Morgan fingerprint density at radius 2 is 2.15 bits per heavy atom. The highest BCUT2D eigenvalue weighted by Crippen LogP contribution is 2.12. The molecule has 0 bridgehead atoms. The summed E-state index contributed by atoms with van der Waals surface area (Å²) in [4.78, 5) is 0. The van der Waals surface area contributed by atoms with E-state index < -0.39 is 0 Å². The largest absolute Gasteiger partial charge is 0.494 e. The number of hydrogen-bond acceptors (Lipinski definition) is 4. The van der Waals surface area contributed by atoms with Gasteiger partial charge in [0.05, 0.1) is 12.8 Å². The summed E-state index contributed by atoms with van der Waals surface area (Å²) in [6.45, 7) is 5.11. The monoisotopic (exact) mass is 290 g/mol. The van der Waals surface area contributed by atoms with Crippen molar-refractivity contribution in [1.82, 2.24) is 14.9 Å². The first kappa shape index (κ1) is 14.5. The van der Waals surface area contributed by atoms with Gasteiger partial charge in [-0.05, 0) is 54.4 Å². The Labute approximate surface area is 123 Å². The summed E-state index contributed by atoms with van der Waals surface area (Å²) in [6, 6.07) is 7.79. The zero-order valence-corrected chi connectivity index (χ0v) is 12.4. The molecular formula is C14H18N4OS. The highest BCUT2D eigenvalue weighted by atomic mass is 32.1. The van der Waals surface area contributed by atoms with Crippen molar-refractivity contribution in [2.24, 2.45) is 11.0 Å². The number of hydrogen-bond donors (Lipinski definition) is 1. The van der Waals surface area contributed by atoms with Crippen molar-refractivity contribution < 1.29 is 4.74 Å². The fraction of sp³-hybridized carbons (Fsp3) is 0.357. The second-order valence-electron chi connectivity index (χ2n) is 4.85. The maximum absolute atomic E-state index is 5.66. The van der Waals surface area contributed by atoms with Gasteiger partial charge in [-0.2, -0.15) is 14.9 Å². The molecule has 0 radical (unpaired) electrons. The van der Waals surface area contributed by atoms with Crippen molar-refractivity contribution in [1.29, 1.82) is 0 Å². The number of H-pyrrole nitrogens is 1. The predicted octanol–water partition coefficient (Wildman–Crippen LogP) is 3.25. The minimum absolute atomic E-state index is 0.467. The third-order valence-electron chi connectivity index (χ3n) is 2.71. The van der Waals surface area contributed by atoms with E-state index in [4.69, 9.17) is 17.0 Å². The first-order valence-electron chi connectivity index (χ1n) is 6.54. The molecule has 1 heterocycles. The Kier molecular flexibility index (Phi) is 5.06. The molecule has 0 aliphatic carbocycles. The molecule has 2 rings (SSSR count). The van der Waals surface area contributed by atoms with Gasteiger partial charge in [0.1, 0.15) is 12.1 Å². The number of aromatic amines is 1. The Balaban J connectivity index is 1.93. The average molecular weight is 290 g/mol. The van der Waals surface area contributed by atoms with E-state index in [1.807, 2.05) is 24.3 Å². The first-order valence-corrected chi connectivity index (χ1v) is 6.95. The lowest BCUT2D eigenvalue weighted by Gasteiger charge is -2.07. The zero-order valence-electron chi connectivity index (χ0n) is 11.6. The molecule has 2 aromatic rings. The van der Waals surface area contributed by atoms with Crippen LogP contribution in [0.5, 0.6) is 5.75 Å². The van der Waals surface area contributed by atoms with E-state index in [1.54, 1.807) is 6.21 Å². The van der Waals surface area contributed by atoms with E-state index in [2.05, 4.69) is 29.1 Å². The van der Waals surface area contributed by atoms with Crippen molar-refractivity contribution in [2.75, 3.05) is 6.61 Å². The molecule has 0 saturated heterocycles. The van der Waals surface area contributed by atoms with Gasteiger partial charge in [-0.3, -0.25) is 5.10 Å². The molecule has 0 fully saturated rings. The number of ether oxygens (including phenoxy) is 1. The van der Waals surface area contributed by atoms with E-state index in [9.17, 15) is 0 Å². The maximum Gasteiger partial charge on any atom is 0.216 e. The van der Waals surface area contributed by atoms with E-state index in [0.29, 0.717) is 10.7 Å². The van der Waals surface area contributed by atoms with E-state index in [-0.39, 0.29) is 0 Å². The number of aromatic nitrogens is 3. The summed E-state index contributed by atoms with van der Waals surface area (Å²) in [5.74, 6) is 1.53. The van der Waals surface area contributed by atoms with Crippen LogP contribution in [0.2, 0.25) is 0 Å². The lowest BCUT2D eigenvalue weighted by molar-refractivity contribution is 0.289. The summed E-state index contributed by atoms with van der Waals surface area (Å²) in [7, 11) is 0. The molecule has 0 unspecified atom stereocenters. The van der Waals surface area contributed by atoms with Gasteiger partial charge in [-0.15, -0.1) is 0 Å². The lowest BCUT2D eigenvalue weighted by atomic mass is 10.1. The van der Waals surface area contributed by atoms with E-state index >= 15 is 0 Å². The highest BCUT2D eigenvalue weighted by molar-refractivity contribution is 7.71. The van der Waals surface area contributed by atoms with Crippen LogP contribution in [0.4, 0.5) is 0 Å². The molecule has 6 heteroatoms. The number of nitrogens with zero attached hydrogens (tertiary/aromatic N) is 3. The van der Waals surface area contributed by atoms with Crippen molar-refractivity contribution in [3.05, 3.63) is 40.9 Å². The lowest BCUT2D eigenvalue weighted by Crippen LogP contribution is -2.01. The van der Waals surface area contributed by atoms with Gasteiger partial charge in [0.25, 0.3) is 0 Å². The fourth-order valence-electron chi connectivity index (χ4n) is 1.52. The van der Waals surface area contributed by atoms with Gasteiger partial charge in [0.2, 0.25) is 4.77 Å². The van der Waals surface area contributed by atoms with Gasteiger partial charge in [-0.1, -0.05) is 13.8 Å². The standard InChI is InChI=1S/C14H18N4OS/c1-11(2)7-8-19-13-5-3-12(4-6-13)9-16-18-10-15-17-14(18)20/h3-6,9-11H,7-8H2,1-2H3,(H,17,20)/b16-9-. The molecule has 0 saturated carbocycles. The molecular weight excluding hydrogens is 272 g/mol. The SMILES string of the molecule is CC(C)CCOc1ccc(/C=N\n2cn[nH]c2=S)cc1. The maximum atomic E-state index is 5.66. The summed E-state index contributed by atoms with van der Waals surface area (Å²) in [5.41, 5.74) is 0.976. The summed E-state index contributed by atoms with van der Waals surface area (Å²) >= 11 is 5.00. The Hall–Kier alpha value is -1.95. The van der Waals surface area contributed by atoms with Crippen LogP contribution >= 0.6 is 12.2 Å². The zero-order chi connectivity index (χ0) is 14.4. The van der Waals surface area contributed by atoms with Crippen LogP contribution in [-0.2, 0) is 0 Å².